The molecule has 23 heavy (non-hydrogen) atoms. The lowest BCUT2D eigenvalue weighted by Gasteiger charge is -2.14. The zero-order chi connectivity index (χ0) is 16.4. The van der Waals surface area contributed by atoms with Crippen LogP contribution in [0.1, 0.15) is 18.5 Å². The molecule has 0 bridgehead atoms. The lowest BCUT2D eigenvalue weighted by molar-refractivity contribution is -0.122. The summed E-state index contributed by atoms with van der Waals surface area (Å²) in [5.41, 5.74) is 1.96. The standard InChI is InChI=1S/C17H15ClN2O3/c1-11(12-5-4-6-13(18)9-12)19-16(21)10-20-14-7-2-3-8-15(14)23-17(20)22/h2-9,11H,10H2,1H3,(H,19,21). The van der Waals surface area contributed by atoms with E-state index in [1.54, 1.807) is 36.4 Å². The fraction of sp³-hybridized carbons (Fsp3) is 0.176. The van der Waals surface area contributed by atoms with Crippen molar-refractivity contribution in [2.24, 2.45) is 0 Å². The van der Waals surface area contributed by atoms with Crippen molar-refractivity contribution in [2.75, 3.05) is 0 Å². The van der Waals surface area contributed by atoms with Gasteiger partial charge in [0.25, 0.3) is 0 Å². The summed E-state index contributed by atoms with van der Waals surface area (Å²) in [5.74, 6) is -0.817. The van der Waals surface area contributed by atoms with Crippen molar-refractivity contribution in [1.82, 2.24) is 9.88 Å². The van der Waals surface area contributed by atoms with Crippen LogP contribution in [0.25, 0.3) is 11.1 Å². The third kappa shape index (κ3) is 3.29. The molecule has 0 saturated heterocycles. The molecule has 0 radical (unpaired) electrons. The average molecular weight is 331 g/mol. The van der Waals surface area contributed by atoms with Crippen molar-refractivity contribution in [3.63, 3.8) is 0 Å². The summed E-state index contributed by atoms with van der Waals surface area (Å²) in [6.07, 6.45) is 0. The van der Waals surface area contributed by atoms with E-state index in [1.807, 2.05) is 19.1 Å². The number of amides is 1. The zero-order valence-electron chi connectivity index (χ0n) is 12.5. The number of carbonyl (C=O) groups excluding carboxylic acids is 1. The molecule has 0 aliphatic carbocycles. The Morgan fingerprint density at radius 2 is 2.04 bits per heavy atom. The summed E-state index contributed by atoms with van der Waals surface area (Å²) < 4.78 is 6.43. The van der Waals surface area contributed by atoms with Crippen LogP contribution in [0.15, 0.2) is 57.7 Å². The first-order valence-electron chi connectivity index (χ1n) is 7.18. The summed E-state index contributed by atoms with van der Waals surface area (Å²) in [7, 11) is 0. The van der Waals surface area contributed by atoms with Crippen LogP contribution in [-0.4, -0.2) is 10.5 Å². The predicted molar refractivity (Wildman–Crippen MR) is 88.5 cm³/mol. The third-order valence-corrected chi connectivity index (χ3v) is 3.84. The molecule has 1 atom stereocenters. The Hall–Kier alpha value is -2.53. The predicted octanol–water partition coefficient (Wildman–Crippen LogP) is 3.13. The molecule has 1 aromatic heterocycles. The van der Waals surface area contributed by atoms with E-state index < -0.39 is 5.76 Å². The highest BCUT2D eigenvalue weighted by molar-refractivity contribution is 6.30. The first-order valence-corrected chi connectivity index (χ1v) is 7.55. The maximum atomic E-state index is 12.2. The molecule has 1 N–H and O–H groups in total. The molecule has 1 amide bonds. The number of benzene rings is 2. The Kier molecular flexibility index (Phi) is 4.21. The summed E-state index contributed by atoms with van der Waals surface area (Å²) in [6, 6.07) is 14.1. The zero-order valence-corrected chi connectivity index (χ0v) is 13.2. The van der Waals surface area contributed by atoms with Gasteiger partial charge in [-0.1, -0.05) is 35.9 Å². The van der Waals surface area contributed by atoms with Crippen molar-refractivity contribution in [2.45, 2.75) is 19.5 Å². The van der Waals surface area contributed by atoms with Gasteiger partial charge in [-0.2, -0.15) is 0 Å². The quantitative estimate of drug-likeness (QED) is 0.799. The molecular formula is C17H15ClN2O3. The topological polar surface area (TPSA) is 64.2 Å². The van der Waals surface area contributed by atoms with Gasteiger partial charge in [0.05, 0.1) is 11.6 Å². The number of hydrogen-bond acceptors (Lipinski definition) is 3. The highest BCUT2D eigenvalue weighted by atomic mass is 35.5. The number of aromatic nitrogens is 1. The molecular weight excluding hydrogens is 316 g/mol. The number of oxazole rings is 1. The van der Waals surface area contributed by atoms with Crippen molar-refractivity contribution >= 4 is 28.6 Å². The van der Waals surface area contributed by atoms with E-state index >= 15 is 0 Å². The summed E-state index contributed by atoms with van der Waals surface area (Å²) >= 11 is 5.96. The average Bonchev–Trinajstić information content (AvgIpc) is 2.83. The maximum absolute atomic E-state index is 12.2. The summed E-state index contributed by atoms with van der Waals surface area (Å²) in [4.78, 5) is 24.1. The van der Waals surface area contributed by atoms with Gasteiger partial charge in [0, 0.05) is 5.02 Å². The maximum Gasteiger partial charge on any atom is 0.420 e. The molecule has 6 heteroatoms. The Labute approximate surface area is 137 Å². The fourth-order valence-electron chi connectivity index (χ4n) is 2.45. The molecule has 0 aliphatic rings. The minimum absolute atomic E-state index is 0.0965. The van der Waals surface area contributed by atoms with Crippen molar-refractivity contribution in [1.29, 1.82) is 0 Å². The first-order chi connectivity index (χ1) is 11.0. The van der Waals surface area contributed by atoms with Gasteiger partial charge in [0.1, 0.15) is 6.54 Å². The lowest BCUT2D eigenvalue weighted by atomic mass is 10.1. The van der Waals surface area contributed by atoms with E-state index in [2.05, 4.69) is 5.32 Å². The molecule has 2 aromatic carbocycles. The van der Waals surface area contributed by atoms with E-state index in [9.17, 15) is 9.59 Å². The largest absolute Gasteiger partial charge is 0.420 e. The number of nitrogens with zero attached hydrogens (tertiary/aromatic N) is 1. The minimum Gasteiger partial charge on any atom is -0.408 e. The van der Waals surface area contributed by atoms with Gasteiger partial charge in [-0.25, -0.2) is 4.79 Å². The first kappa shape index (κ1) is 15.4. The molecule has 1 heterocycles. The van der Waals surface area contributed by atoms with Crippen LogP contribution >= 0.6 is 11.6 Å². The van der Waals surface area contributed by atoms with Crippen LogP contribution in [0.2, 0.25) is 5.02 Å². The van der Waals surface area contributed by atoms with Crippen LogP contribution in [0.3, 0.4) is 0 Å². The van der Waals surface area contributed by atoms with E-state index in [-0.39, 0.29) is 18.5 Å². The van der Waals surface area contributed by atoms with Crippen molar-refractivity contribution in [3.05, 3.63) is 69.7 Å². The van der Waals surface area contributed by atoms with Gasteiger partial charge < -0.3 is 9.73 Å². The Balaban J connectivity index is 1.76. The Morgan fingerprint density at radius 3 is 2.83 bits per heavy atom. The molecule has 5 nitrogen and oxygen atoms in total. The molecule has 3 rings (SSSR count). The summed E-state index contributed by atoms with van der Waals surface area (Å²) in [5, 5.41) is 3.47. The van der Waals surface area contributed by atoms with Crippen LogP contribution < -0.4 is 11.1 Å². The smallest absolute Gasteiger partial charge is 0.408 e. The summed E-state index contributed by atoms with van der Waals surface area (Å²) in [6.45, 7) is 1.76. The third-order valence-electron chi connectivity index (χ3n) is 3.60. The molecule has 3 aromatic rings. The van der Waals surface area contributed by atoms with Crippen LogP contribution in [0, 0.1) is 0 Å². The molecule has 1 unspecified atom stereocenters. The van der Waals surface area contributed by atoms with Gasteiger partial charge in [-0.3, -0.25) is 9.36 Å². The van der Waals surface area contributed by atoms with Crippen molar-refractivity contribution < 1.29 is 9.21 Å². The van der Waals surface area contributed by atoms with Crippen LogP contribution in [0.5, 0.6) is 0 Å². The number of rotatable bonds is 4. The number of hydrogen-bond donors (Lipinski definition) is 1. The van der Waals surface area contributed by atoms with Gasteiger partial charge in [0.15, 0.2) is 5.58 Å². The van der Waals surface area contributed by atoms with Gasteiger partial charge in [-0.05, 0) is 36.8 Å². The number of halogens is 1. The molecule has 0 spiro atoms. The van der Waals surface area contributed by atoms with Gasteiger partial charge in [-0.15, -0.1) is 0 Å². The van der Waals surface area contributed by atoms with Gasteiger partial charge in [0.2, 0.25) is 5.91 Å². The molecule has 0 fully saturated rings. The van der Waals surface area contributed by atoms with E-state index in [4.69, 9.17) is 16.0 Å². The lowest BCUT2D eigenvalue weighted by Crippen LogP contribution is -2.32. The monoisotopic (exact) mass is 330 g/mol. The molecule has 118 valence electrons. The SMILES string of the molecule is CC(NC(=O)Cn1c(=O)oc2ccccc21)c1cccc(Cl)c1. The minimum atomic E-state index is -0.545. The highest BCUT2D eigenvalue weighted by Crippen LogP contribution is 2.17. The normalized spacial score (nSPS) is 12.3. The second-order valence-electron chi connectivity index (χ2n) is 5.27. The van der Waals surface area contributed by atoms with E-state index in [1.165, 1.54) is 4.57 Å². The highest BCUT2D eigenvalue weighted by Gasteiger charge is 2.14. The Bertz CT molecular complexity index is 913. The number of fused-ring (bicyclic) bond motifs is 1. The van der Waals surface area contributed by atoms with Crippen LogP contribution in [0.4, 0.5) is 0 Å². The number of nitrogens with one attached hydrogen (secondary N) is 1. The Morgan fingerprint density at radius 1 is 1.26 bits per heavy atom. The van der Waals surface area contributed by atoms with E-state index in [0.717, 1.165) is 5.56 Å². The van der Waals surface area contributed by atoms with Crippen LogP contribution in [-0.2, 0) is 11.3 Å². The fourth-order valence-corrected chi connectivity index (χ4v) is 2.65. The number of carbonyl (C=O) groups is 1. The van der Waals surface area contributed by atoms with E-state index in [0.29, 0.717) is 16.1 Å². The van der Waals surface area contributed by atoms with Crippen molar-refractivity contribution in [3.8, 4) is 0 Å². The number of para-hydroxylation sites is 2. The molecule has 0 aliphatic heterocycles. The molecule has 0 saturated carbocycles. The second kappa shape index (κ2) is 6.30. The second-order valence-corrected chi connectivity index (χ2v) is 5.70. The van der Waals surface area contributed by atoms with Gasteiger partial charge >= 0.3 is 5.76 Å².